The van der Waals surface area contributed by atoms with E-state index in [2.05, 4.69) is 0 Å². The standard InChI is InChI=1S/C16H18O4/c1-9-3-11(7-17)15(13(19)5-9)16-12(8-18)4-10(2)6-14(16)20/h3-6,17-20H,7-8H2,1-2H3. The lowest BCUT2D eigenvalue weighted by Gasteiger charge is -2.16. The van der Waals surface area contributed by atoms with Gasteiger partial charge in [0.05, 0.1) is 13.2 Å². The molecular weight excluding hydrogens is 256 g/mol. The maximum absolute atomic E-state index is 10.2. The number of hydrogen-bond acceptors (Lipinski definition) is 4. The van der Waals surface area contributed by atoms with E-state index in [-0.39, 0.29) is 24.7 Å². The Hall–Kier alpha value is -2.04. The van der Waals surface area contributed by atoms with Crippen molar-refractivity contribution in [2.45, 2.75) is 27.1 Å². The largest absolute Gasteiger partial charge is 0.507 e. The minimum absolute atomic E-state index is 0.0251. The third-order valence-electron chi connectivity index (χ3n) is 3.28. The van der Waals surface area contributed by atoms with Gasteiger partial charge in [0, 0.05) is 11.1 Å². The fraction of sp³-hybridized carbons (Fsp3) is 0.250. The van der Waals surface area contributed by atoms with Gasteiger partial charge in [-0.15, -0.1) is 0 Å². The minimum Gasteiger partial charge on any atom is -0.507 e. The molecule has 0 saturated heterocycles. The Balaban J connectivity index is 2.81. The molecule has 106 valence electrons. The van der Waals surface area contributed by atoms with E-state index in [4.69, 9.17) is 0 Å². The summed E-state index contributed by atoms with van der Waals surface area (Å²) in [5.74, 6) is -0.0502. The number of benzene rings is 2. The highest BCUT2D eigenvalue weighted by molar-refractivity contribution is 5.81. The molecular formula is C16H18O4. The van der Waals surface area contributed by atoms with Crippen LogP contribution < -0.4 is 0 Å². The quantitative estimate of drug-likeness (QED) is 0.692. The van der Waals surface area contributed by atoms with Gasteiger partial charge in [0.25, 0.3) is 0 Å². The molecule has 0 aliphatic carbocycles. The second kappa shape index (κ2) is 5.53. The second-order valence-corrected chi connectivity index (χ2v) is 4.95. The first-order chi connectivity index (χ1) is 9.47. The SMILES string of the molecule is Cc1cc(O)c(-c2c(O)cc(C)cc2CO)c(CO)c1. The topological polar surface area (TPSA) is 80.9 Å². The lowest BCUT2D eigenvalue weighted by Crippen LogP contribution is -1.97. The Bertz CT molecular complexity index is 590. The van der Waals surface area contributed by atoms with Crippen molar-refractivity contribution in [3.05, 3.63) is 46.5 Å². The predicted molar refractivity (Wildman–Crippen MR) is 76.5 cm³/mol. The van der Waals surface area contributed by atoms with Crippen LogP contribution in [0.15, 0.2) is 24.3 Å². The predicted octanol–water partition coefficient (Wildman–Crippen LogP) is 2.37. The van der Waals surface area contributed by atoms with Crippen molar-refractivity contribution in [1.29, 1.82) is 0 Å². The summed E-state index contributed by atoms with van der Waals surface area (Å²) in [6.45, 7) is 3.10. The Morgan fingerprint density at radius 3 is 1.35 bits per heavy atom. The van der Waals surface area contributed by atoms with E-state index in [0.717, 1.165) is 11.1 Å². The molecule has 0 spiro atoms. The molecule has 0 atom stereocenters. The molecule has 4 nitrogen and oxygen atoms in total. The fourth-order valence-electron chi connectivity index (χ4n) is 2.51. The van der Waals surface area contributed by atoms with Gasteiger partial charge in [0.1, 0.15) is 11.5 Å². The normalized spacial score (nSPS) is 10.8. The highest BCUT2D eigenvalue weighted by Gasteiger charge is 2.18. The zero-order chi connectivity index (χ0) is 14.9. The summed E-state index contributed by atoms with van der Waals surface area (Å²) >= 11 is 0. The van der Waals surface area contributed by atoms with Gasteiger partial charge < -0.3 is 20.4 Å². The molecule has 0 aliphatic rings. The number of aliphatic hydroxyl groups excluding tert-OH is 2. The average molecular weight is 274 g/mol. The molecule has 20 heavy (non-hydrogen) atoms. The van der Waals surface area contributed by atoms with Gasteiger partial charge >= 0.3 is 0 Å². The van der Waals surface area contributed by atoms with E-state index in [1.54, 1.807) is 24.3 Å². The average Bonchev–Trinajstić information content (AvgIpc) is 2.38. The van der Waals surface area contributed by atoms with Crippen LogP contribution in [-0.4, -0.2) is 20.4 Å². The summed E-state index contributed by atoms with van der Waals surface area (Å²) in [6, 6.07) is 6.62. The van der Waals surface area contributed by atoms with E-state index >= 15 is 0 Å². The van der Waals surface area contributed by atoms with Crippen molar-refractivity contribution in [3.63, 3.8) is 0 Å². The van der Waals surface area contributed by atoms with Crippen LogP contribution in [0.3, 0.4) is 0 Å². The minimum atomic E-state index is -0.261. The third kappa shape index (κ3) is 2.48. The molecule has 0 radical (unpaired) electrons. The first-order valence-electron chi connectivity index (χ1n) is 6.35. The van der Waals surface area contributed by atoms with E-state index in [0.29, 0.717) is 22.3 Å². The summed E-state index contributed by atoms with van der Waals surface area (Å²) in [6.07, 6.45) is 0. The van der Waals surface area contributed by atoms with E-state index in [1.807, 2.05) is 13.8 Å². The third-order valence-corrected chi connectivity index (χ3v) is 3.28. The van der Waals surface area contributed by atoms with Crippen LogP contribution in [0.4, 0.5) is 0 Å². The summed E-state index contributed by atoms with van der Waals surface area (Å²) in [5, 5.41) is 39.3. The van der Waals surface area contributed by atoms with Gasteiger partial charge in [0.2, 0.25) is 0 Å². The first-order valence-corrected chi connectivity index (χ1v) is 6.35. The number of aryl methyl sites for hydroxylation is 2. The molecule has 0 heterocycles. The Labute approximate surface area is 117 Å². The van der Waals surface area contributed by atoms with Gasteiger partial charge in [0.15, 0.2) is 0 Å². The second-order valence-electron chi connectivity index (χ2n) is 4.95. The Morgan fingerprint density at radius 1 is 0.700 bits per heavy atom. The highest BCUT2D eigenvalue weighted by Crippen LogP contribution is 2.41. The molecule has 0 fully saturated rings. The lowest BCUT2D eigenvalue weighted by atomic mass is 9.91. The van der Waals surface area contributed by atoms with E-state index in [1.165, 1.54) is 0 Å². The molecule has 2 aromatic carbocycles. The number of phenolic OH excluding ortho intramolecular Hbond substituents is 2. The molecule has 0 aliphatic heterocycles. The van der Waals surface area contributed by atoms with Crippen LogP contribution in [0.2, 0.25) is 0 Å². The van der Waals surface area contributed by atoms with Crippen molar-refractivity contribution >= 4 is 0 Å². The smallest absolute Gasteiger partial charge is 0.124 e. The van der Waals surface area contributed by atoms with Crippen LogP contribution in [0.25, 0.3) is 11.1 Å². The van der Waals surface area contributed by atoms with Gasteiger partial charge in [-0.1, -0.05) is 12.1 Å². The van der Waals surface area contributed by atoms with Gasteiger partial charge in [-0.3, -0.25) is 0 Å². The van der Waals surface area contributed by atoms with Crippen LogP contribution in [0, 0.1) is 13.8 Å². The number of aliphatic hydroxyl groups is 2. The molecule has 2 rings (SSSR count). The van der Waals surface area contributed by atoms with Crippen molar-refractivity contribution in [1.82, 2.24) is 0 Å². The van der Waals surface area contributed by atoms with Gasteiger partial charge in [-0.05, 0) is 48.2 Å². The summed E-state index contributed by atoms with van der Waals surface area (Å²) in [5.41, 5.74) is 3.37. The summed E-state index contributed by atoms with van der Waals surface area (Å²) in [4.78, 5) is 0. The molecule has 0 bridgehead atoms. The summed E-state index contributed by atoms with van der Waals surface area (Å²) < 4.78 is 0. The maximum atomic E-state index is 10.2. The van der Waals surface area contributed by atoms with Crippen LogP contribution in [0.5, 0.6) is 11.5 Å². The van der Waals surface area contributed by atoms with Gasteiger partial charge in [-0.25, -0.2) is 0 Å². The molecule has 2 aromatic rings. The Kier molecular flexibility index (Phi) is 3.97. The maximum Gasteiger partial charge on any atom is 0.124 e. The lowest BCUT2D eigenvalue weighted by molar-refractivity contribution is 0.279. The number of phenols is 2. The molecule has 0 amide bonds. The first kappa shape index (κ1) is 14.4. The van der Waals surface area contributed by atoms with Crippen LogP contribution in [-0.2, 0) is 13.2 Å². The zero-order valence-electron chi connectivity index (χ0n) is 11.5. The zero-order valence-corrected chi connectivity index (χ0v) is 11.5. The van der Waals surface area contributed by atoms with E-state index < -0.39 is 0 Å². The molecule has 4 N–H and O–H groups in total. The number of aromatic hydroxyl groups is 2. The summed E-state index contributed by atoms with van der Waals surface area (Å²) in [7, 11) is 0. The monoisotopic (exact) mass is 274 g/mol. The molecule has 0 aromatic heterocycles. The van der Waals surface area contributed by atoms with Gasteiger partial charge in [-0.2, -0.15) is 0 Å². The van der Waals surface area contributed by atoms with Crippen molar-refractivity contribution < 1.29 is 20.4 Å². The molecule has 4 heteroatoms. The van der Waals surface area contributed by atoms with E-state index in [9.17, 15) is 20.4 Å². The molecule has 0 saturated carbocycles. The van der Waals surface area contributed by atoms with Crippen molar-refractivity contribution in [2.24, 2.45) is 0 Å². The number of rotatable bonds is 3. The van der Waals surface area contributed by atoms with Crippen LogP contribution >= 0.6 is 0 Å². The molecule has 0 unspecified atom stereocenters. The van der Waals surface area contributed by atoms with Crippen molar-refractivity contribution in [2.75, 3.05) is 0 Å². The Morgan fingerprint density at radius 2 is 1.05 bits per heavy atom. The number of hydrogen-bond donors (Lipinski definition) is 4. The van der Waals surface area contributed by atoms with Crippen molar-refractivity contribution in [3.8, 4) is 22.6 Å². The van der Waals surface area contributed by atoms with Crippen LogP contribution in [0.1, 0.15) is 22.3 Å². The highest BCUT2D eigenvalue weighted by atomic mass is 16.3. The fourth-order valence-corrected chi connectivity index (χ4v) is 2.51.